The average Bonchev–Trinajstić information content (AvgIpc) is 2.62. The molecule has 26 heavy (non-hydrogen) atoms. The van der Waals surface area contributed by atoms with Gasteiger partial charge in [0.05, 0.1) is 10.6 Å². The van der Waals surface area contributed by atoms with Gasteiger partial charge in [-0.25, -0.2) is 0 Å². The standard InChI is InChI=1S/C19H26ClN3O2.ClH/c1-13-4-2-3-11-23(13)19(25)16-6-5-15(12-17(16)20)22-18(24)14-7-9-21-10-8-14;/h5-6,12-14,21H,2-4,7-11H2,1H3,(H,22,24);1H. The Labute approximate surface area is 166 Å². The Hall–Kier alpha value is -1.30. The van der Waals surface area contributed by atoms with Gasteiger partial charge in [0.25, 0.3) is 5.91 Å². The molecule has 2 N–H and O–H groups in total. The first-order valence-electron chi connectivity index (χ1n) is 9.18. The molecule has 3 rings (SSSR count). The molecule has 7 heteroatoms. The van der Waals surface area contributed by atoms with Gasteiger partial charge in [-0.05, 0) is 70.3 Å². The lowest BCUT2D eigenvalue weighted by atomic mass is 9.97. The highest BCUT2D eigenvalue weighted by atomic mass is 35.5. The quantitative estimate of drug-likeness (QED) is 0.813. The third kappa shape index (κ3) is 4.90. The number of hydrogen-bond acceptors (Lipinski definition) is 3. The van der Waals surface area contributed by atoms with E-state index in [2.05, 4.69) is 17.6 Å². The fourth-order valence-corrected chi connectivity index (χ4v) is 3.91. The second kappa shape index (κ2) is 9.58. The molecule has 1 aromatic rings. The zero-order valence-corrected chi connectivity index (χ0v) is 16.7. The number of carbonyl (C=O) groups is 2. The monoisotopic (exact) mass is 399 g/mol. The summed E-state index contributed by atoms with van der Waals surface area (Å²) in [7, 11) is 0. The number of amides is 2. The Kier molecular flexibility index (Phi) is 7.74. The highest BCUT2D eigenvalue weighted by molar-refractivity contribution is 6.34. The Morgan fingerprint density at radius 2 is 1.92 bits per heavy atom. The molecule has 2 aliphatic rings. The van der Waals surface area contributed by atoms with Gasteiger partial charge in [0.15, 0.2) is 0 Å². The van der Waals surface area contributed by atoms with E-state index in [1.807, 2.05) is 4.90 Å². The van der Waals surface area contributed by atoms with Crippen LogP contribution in [0, 0.1) is 5.92 Å². The largest absolute Gasteiger partial charge is 0.336 e. The third-order valence-electron chi connectivity index (χ3n) is 5.24. The van der Waals surface area contributed by atoms with Gasteiger partial charge in [0.2, 0.25) is 5.91 Å². The molecule has 2 aliphatic heterocycles. The fourth-order valence-electron chi connectivity index (χ4n) is 3.65. The van der Waals surface area contributed by atoms with Crippen LogP contribution in [-0.4, -0.2) is 42.4 Å². The topological polar surface area (TPSA) is 61.4 Å². The minimum atomic E-state index is -0.0200. The van der Waals surface area contributed by atoms with Crippen LogP contribution in [0.25, 0.3) is 0 Å². The van der Waals surface area contributed by atoms with Crippen LogP contribution in [0.2, 0.25) is 5.02 Å². The predicted molar refractivity (Wildman–Crippen MR) is 107 cm³/mol. The second-order valence-electron chi connectivity index (χ2n) is 7.05. The van der Waals surface area contributed by atoms with E-state index in [0.717, 1.165) is 45.3 Å². The number of halogens is 2. The summed E-state index contributed by atoms with van der Waals surface area (Å²) in [6, 6.07) is 5.43. The molecule has 0 saturated carbocycles. The van der Waals surface area contributed by atoms with Crippen molar-refractivity contribution in [3.05, 3.63) is 28.8 Å². The minimum Gasteiger partial charge on any atom is -0.336 e. The second-order valence-corrected chi connectivity index (χ2v) is 7.46. The molecule has 0 bridgehead atoms. The van der Waals surface area contributed by atoms with Crippen LogP contribution in [0.5, 0.6) is 0 Å². The van der Waals surface area contributed by atoms with Gasteiger partial charge < -0.3 is 15.5 Å². The van der Waals surface area contributed by atoms with Gasteiger partial charge in [-0.2, -0.15) is 0 Å². The van der Waals surface area contributed by atoms with E-state index < -0.39 is 0 Å². The Morgan fingerprint density at radius 3 is 2.58 bits per heavy atom. The van der Waals surface area contributed by atoms with E-state index in [9.17, 15) is 9.59 Å². The summed E-state index contributed by atoms with van der Waals surface area (Å²) in [6.07, 6.45) is 4.94. The molecular weight excluding hydrogens is 373 g/mol. The van der Waals surface area contributed by atoms with E-state index >= 15 is 0 Å². The number of hydrogen-bond donors (Lipinski definition) is 2. The van der Waals surface area contributed by atoms with E-state index in [1.165, 1.54) is 6.42 Å². The molecule has 0 spiro atoms. The molecule has 2 fully saturated rings. The number of likely N-dealkylation sites (tertiary alicyclic amines) is 1. The zero-order valence-electron chi connectivity index (χ0n) is 15.1. The maximum atomic E-state index is 12.8. The van der Waals surface area contributed by atoms with Crippen molar-refractivity contribution in [3.8, 4) is 0 Å². The molecule has 0 aliphatic carbocycles. The first-order valence-corrected chi connectivity index (χ1v) is 9.56. The summed E-state index contributed by atoms with van der Waals surface area (Å²) in [6.45, 7) is 4.61. The summed E-state index contributed by atoms with van der Waals surface area (Å²) in [5.74, 6) is 0.0465. The number of rotatable bonds is 3. The predicted octanol–water partition coefficient (Wildman–Crippen LogP) is 3.71. The van der Waals surface area contributed by atoms with Crippen LogP contribution < -0.4 is 10.6 Å². The zero-order chi connectivity index (χ0) is 17.8. The van der Waals surface area contributed by atoms with Crippen molar-refractivity contribution in [2.24, 2.45) is 5.92 Å². The lowest BCUT2D eigenvalue weighted by Crippen LogP contribution is -2.42. The summed E-state index contributed by atoms with van der Waals surface area (Å²) < 4.78 is 0. The van der Waals surface area contributed by atoms with Crippen LogP contribution in [0.3, 0.4) is 0 Å². The fraction of sp³-hybridized carbons (Fsp3) is 0.579. The third-order valence-corrected chi connectivity index (χ3v) is 5.55. The van der Waals surface area contributed by atoms with Gasteiger partial charge in [0, 0.05) is 24.2 Å². The summed E-state index contributed by atoms with van der Waals surface area (Å²) in [4.78, 5) is 27.0. The number of benzene rings is 1. The van der Waals surface area contributed by atoms with Crippen molar-refractivity contribution < 1.29 is 9.59 Å². The average molecular weight is 400 g/mol. The van der Waals surface area contributed by atoms with E-state index in [4.69, 9.17) is 11.6 Å². The van der Waals surface area contributed by atoms with Crippen molar-refractivity contribution in [1.29, 1.82) is 0 Å². The first-order chi connectivity index (χ1) is 12.1. The van der Waals surface area contributed by atoms with E-state index in [0.29, 0.717) is 16.3 Å². The maximum absolute atomic E-state index is 12.8. The molecule has 0 aromatic heterocycles. The number of anilines is 1. The maximum Gasteiger partial charge on any atom is 0.255 e. The van der Waals surface area contributed by atoms with Crippen molar-refractivity contribution in [2.45, 2.75) is 45.1 Å². The minimum absolute atomic E-state index is 0. The van der Waals surface area contributed by atoms with Gasteiger partial charge in [0.1, 0.15) is 0 Å². The van der Waals surface area contributed by atoms with Crippen LogP contribution in [0.1, 0.15) is 49.4 Å². The molecule has 2 saturated heterocycles. The van der Waals surface area contributed by atoms with E-state index in [1.54, 1.807) is 18.2 Å². The molecule has 2 amide bonds. The number of nitrogens with zero attached hydrogens (tertiary/aromatic N) is 1. The first kappa shape index (κ1) is 21.0. The molecule has 1 atom stereocenters. The van der Waals surface area contributed by atoms with Crippen LogP contribution in [0.4, 0.5) is 5.69 Å². The highest BCUT2D eigenvalue weighted by Crippen LogP contribution is 2.26. The van der Waals surface area contributed by atoms with Crippen molar-refractivity contribution in [2.75, 3.05) is 25.0 Å². The summed E-state index contributed by atoms with van der Waals surface area (Å²) >= 11 is 6.35. The molecule has 0 radical (unpaired) electrons. The lowest BCUT2D eigenvalue weighted by molar-refractivity contribution is -0.120. The van der Waals surface area contributed by atoms with Crippen molar-refractivity contribution >= 4 is 41.5 Å². The van der Waals surface area contributed by atoms with Gasteiger partial charge >= 0.3 is 0 Å². The Bertz CT molecular complexity index is 648. The highest BCUT2D eigenvalue weighted by Gasteiger charge is 2.26. The normalized spacial score (nSPS) is 21.0. The molecule has 5 nitrogen and oxygen atoms in total. The lowest BCUT2D eigenvalue weighted by Gasteiger charge is -2.33. The van der Waals surface area contributed by atoms with Crippen molar-refractivity contribution in [1.82, 2.24) is 10.2 Å². The van der Waals surface area contributed by atoms with Crippen molar-refractivity contribution in [3.63, 3.8) is 0 Å². The summed E-state index contributed by atoms with van der Waals surface area (Å²) in [5, 5.41) is 6.58. The number of carbonyl (C=O) groups excluding carboxylic acids is 2. The number of nitrogens with one attached hydrogen (secondary N) is 2. The smallest absolute Gasteiger partial charge is 0.255 e. The van der Waals surface area contributed by atoms with Gasteiger partial charge in [-0.1, -0.05) is 11.6 Å². The molecular formula is C19H27Cl2N3O2. The SMILES string of the molecule is CC1CCCCN1C(=O)c1ccc(NC(=O)C2CCNCC2)cc1Cl.Cl. The van der Waals surface area contributed by atoms with Crippen LogP contribution in [-0.2, 0) is 4.79 Å². The molecule has 144 valence electrons. The van der Waals surface area contributed by atoms with Gasteiger partial charge in [-0.3, -0.25) is 9.59 Å². The van der Waals surface area contributed by atoms with E-state index in [-0.39, 0.29) is 36.2 Å². The number of piperidine rings is 2. The Morgan fingerprint density at radius 1 is 1.19 bits per heavy atom. The van der Waals surface area contributed by atoms with Gasteiger partial charge in [-0.15, -0.1) is 12.4 Å². The van der Waals surface area contributed by atoms with Crippen LogP contribution in [0.15, 0.2) is 18.2 Å². The summed E-state index contributed by atoms with van der Waals surface area (Å²) in [5.41, 5.74) is 1.16. The molecule has 1 unspecified atom stereocenters. The molecule has 1 aromatic carbocycles. The molecule has 2 heterocycles. The van der Waals surface area contributed by atoms with Crippen LogP contribution >= 0.6 is 24.0 Å². The Balaban J connectivity index is 0.00000243.